The van der Waals surface area contributed by atoms with Gasteiger partial charge in [0.1, 0.15) is 11.7 Å². The van der Waals surface area contributed by atoms with Crippen molar-refractivity contribution in [2.75, 3.05) is 5.32 Å². The molecule has 10 nitrogen and oxygen atoms in total. The van der Waals surface area contributed by atoms with E-state index in [1.807, 2.05) is 0 Å². The standard InChI is InChI=1S/C19H12F4N6O4S/c1-29-16(31)14-10(24-7-25-15(14)28-18(29)32)5-13(30)27-17-26-11(6-34-17)8-2-3-12(9(20)4-8)33-19(21,22)23/h2-4,6-7H,5H2,1H3,(H,26,27,30)(H,24,25,28,32). The lowest BCUT2D eigenvalue weighted by Gasteiger charge is -2.10. The minimum atomic E-state index is -5.03. The van der Waals surface area contributed by atoms with Gasteiger partial charge < -0.3 is 10.1 Å². The normalized spacial score (nSPS) is 11.6. The van der Waals surface area contributed by atoms with Gasteiger partial charge >= 0.3 is 12.1 Å². The predicted octanol–water partition coefficient (Wildman–Crippen LogP) is 2.36. The highest BCUT2D eigenvalue weighted by Gasteiger charge is 2.32. The summed E-state index contributed by atoms with van der Waals surface area (Å²) in [5, 5.41) is 4.08. The summed E-state index contributed by atoms with van der Waals surface area (Å²) in [5.74, 6) is -2.80. The van der Waals surface area contributed by atoms with Gasteiger partial charge in [0, 0.05) is 18.0 Å². The van der Waals surface area contributed by atoms with E-state index in [0.29, 0.717) is 0 Å². The summed E-state index contributed by atoms with van der Waals surface area (Å²) >= 11 is 0.992. The van der Waals surface area contributed by atoms with E-state index in [1.54, 1.807) is 0 Å². The molecule has 0 radical (unpaired) electrons. The van der Waals surface area contributed by atoms with Crippen LogP contribution in [-0.2, 0) is 18.3 Å². The largest absolute Gasteiger partial charge is 0.573 e. The Hall–Kier alpha value is -4.14. The molecule has 176 valence electrons. The van der Waals surface area contributed by atoms with Crippen LogP contribution in [0.3, 0.4) is 0 Å². The molecule has 3 heterocycles. The van der Waals surface area contributed by atoms with Crippen LogP contribution < -0.4 is 21.3 Å². The maximum absolute atomic E-state index is 14.0. The monoisotopic (exact) mass is 496 g/mol. The van der Waals surface area contributed by atoms with Crippen molar-refractivity contribution in [1.82, 2.24) is 24.5 Å². The number of carbonyl (C=O) groups excluding carboxylic acids is 1. The van der Waals surface area contributed by atoms with Crippen molar-refractivity contribution >= 4 is 33.4 Å². The second-order valence-electron chi connectivity index (χ2n) is 6.79. The van der Waals surface area contributed by atoms with Gasteiger partial charge in [0.25, 0.3) is 5.56 Å². The summed E-state index contributed by atoms with van der Waals surface area (Å²) in [6.45, 7) is 0. The van der Waals surface area contributed by atoms with Crippen LogP contribution in [0.15, 0.2) is 39.5 Å². The minimum Gasteiger partial charge on any atom is -0.403 e. The number of ether oxygens (including phenoxy) is 1. The number of thiazole rings is 1. The topological polar surface area (TPSA) is 132 Å². The molecule has 0 unspecified atom stereocenters. The summed E-state index contributed by atoms with van der Waals surface area (Å²) in [7, 11) is 1.26. The van der Waals surface area contributed by atoms with Crippen LogP contribution in [-0.4, -0.2) is 36.8 Å². The molecule has 0 atom stereocenters. The van der Waals surface area contributed by atoms with Gasteiger partial charge in [0.05, 0.1) is 17.8 Å². The van der Waals surface area contributed by atoms with Crippen molar-refractivity contribution < 1.29 is 27.1 Å². The molecule has 0 aliphatic carbocycles. The first kappa shape index (κ1) is 23.0. The highest BCUT2D eigenvalue weighted by atomic mass is 32.1. The van der Waals surface area contributed by atoms with Crippen LogP contribution in [0.25, 0.3) is 22.3 Å². The molecule has 3 aromatic heterocycles. The molecule has 2 N–H and O–H groups in total. The molecule has 4 aromatic rings. The van der Waals surface area contributed by atoms with Crippen LogP contribution in [0.1, 0.15) is 5.69 Å². The number of benzene rings is 1. The van der Waals surface area contributed by atoms with E-state index in [4.69, 9.17) is 0 Å². The van der Waals surface area contributed by atoms with E-state index in [1.165, 1.54) is 18.5 Å². The number of nitrogens with one attached hydrogen (secondary N) is 2. The van der Waals surface area contributed by atoms with Crippen LogP contribution in [0.4, 0.5) is 22.7 Å². The summed E-state index contributed by atoms with van der Waals surface area (Å²) in [4.78, 5) is 51.0. The summed E-state index contributed by atoms with van der Waals surface area (Å²) < 4.78 is 55.2. The Morgan fingerprint density at radius 1 is 1.26 bits per heavy atom. The van der Waals surface area contributed by atoms with Crippen molar-refractivity contribution in [3.63, 3.8) is 0 Å². The first-order chi connectivity index (χ1) is 16.0. The molecule has 15 heteroatoms. The third kappa shape index (κ3) is 4.78. The number of anilines is 1. The maximum Gasteiger partial charge on any atom is 0.573 e. The molecule has 0 fully saturated rings. The van der Waals surface area contributed by atoms with Crippen molar-refractivity contribution in [1.29, 1.82) is 0 Å². The number of fused-ring (bicyclic) bond motifs is 1. The van der Waals surface area contributed by atoms with Gasteiger partial charge in [0.2, 0.25) is 5.91 Å². The van der Waals surface area contributed by atoms with Gasteiger partial charge in [-0.2, -0.15) is 0 Å². The van der Waals surface area contributed by atoms with Crippen LogP contribution in [0, 0.1) is 5.82 Å². The average molecular weight is 496 g/mol. The van der Waals surface area contributed by atoms with Gasteiger partial charge in [-0.25, -0.2) is 24.1 Å². The number of carbonyl (C=O) groups is 1. The van der Waals surface area contributed by atoms with Crippen LogP contribution in [0.2, 0.25) is 0 Å². The summed E-state index contributed by atoms with van der Waals surface area (Å²) in [5.41, 5.74) is -0.898. The van der Waals surface area contributed by atoms with E-state index < -0.39 is 35.1 Å². The molecule has 1 amide bonds. The Balaban J connectivity index is 1.52. The lowest BCUT2D eigenvalue weighted by molar-refractivity contribution is -0.275. The zero-order valence-electron chi connectivity index (χ0n) is 16.9. The minimum absolute atomic E-state index is 0.0117. The third-order valence-corrected chi connectivity index (χ3v) is 5.26. The van der Waals surface area contributed by atoms with Gasteiger partial charge in [0.15, 0.2) is 22.3 Å². The van der Waals surface area contributed by atoms with E-state index in [0.717, 1.165) is 34.4 Å². The number of rotatable bonds is 5. The second kappa shape index (κ2) is 8.66. The number of aromatic amines is 1. The number of H-pyrrole nitrogens is 1. The number of halogens is 4. The quantitative estimate of drug-likeness (QED) is 0.406. The third-order valence-electron chi connectivity index (χ3n) is 4.51. The number of nitrogens with zero attached hydrogens (tertiary/aromatic N) is 4. The smallest absolute Gasteiger partial charge is 0.403 e. The summed E-state index contributed by atoms with van der Waals surface area (Å²) in [6.07, 6.45) is -4.27. The summed E-state index contributed by atoms with van der Waals surface area (Å²) in [6, 6.07) is 2.83. The number of amides is 1. The molecular weight excluding hydrogens is 484 g/mol. The van der Waals surface area contributed by atoms with Gasteiger partial charge in [-0.05, 0) is 18.2 Å². The first-order valence-electron chi connectivity index (χ1n) is 9.26. The Kier molecular flexibility index (Phi) is 5.87. The Bertz CT molecular complexity index is 1530. The highest BCUT2D eigenvalue weighted by Crippen LogP contribution is 2.31. The van der Waals surface area contributed by atoms with Crippen molar-refractivity contribution in [2.24, 2.45) is 7.05 Å². The van der Waals surface area contributed by atoms with Gasteiger partial charge in [-0.3, -0.25) is 19.1 Å². The van der Waals surface area contributed by atoms with E-state index in [2.05, 4.69) is 30.0 Å². The number of hydrogen-bond donors (Lipinski definition) is 2. The Morgan fingerprint density at radius 2 is 2.03 bits per heavy atom. The molecule has 0 aliphatic heterocycles. The Labute approximate surface area is 189 Å². The molecule has 4 rings (SSSR count). The lowest BCUT2D eigenvalue weighted by Crippen LogP contribution is -2.33. The average Bonchev–Trinajstić information content (AvgIpc) is 3.21. The molecular formula is C19H12F4N6O4S. The zero-order valence-corrected chi connectivity index (χ0v) is 17.8. The fourth-order valence-electron chi connectivity index (χ4n) is 2.97. The molecule has 1 aromatic carbocycles. The fraction of sp³-hybridized carbons (Fsp3) is 0.158. The molecule has 0 spiro atoms. The fourth-order valence-corrected chi connectivity index (χ4v) is 3.70. The predicted molar refractivity (Wildman–Crippen MR) is 112 cm³/mol. The first-order valence-corrected chi connectivity index (χ1v) is 10.1. The van der Waals surface area contributed by atoms with E-state index in [9.17, 15) is 31.9 Å². The maximum atomic E-state index is 14.0. The number of hydrogen-bond acceptors (Lipinski definition) is 8. The van der Waals surface area contributed by atoms with Gasteiger partial charge in [-0.15, -0.1) is 24.5 Å². The number of alkyl halides is 3. The Morgan fingerprint density at radius 3 is 2.74 bits per heavy atom. The molecule has 34 heavy (non-hydrogen) atoms. The molecule has 0 saturated carbocycles. The van der Waals surface area contributed by atoms with E-state index >= 15 is 0 Å². The second-order valence-corrected chi connectivity index (χ2v) is 7.65. The van der Waals surface area contributed by atoms with Gasteiger partial charge in [-0.1, -0.05) is 0 Å². The van der Waals surface area contributed by atoms with Crippen molar-refractivity contribution in [3.05, 3.63) is 62.3 Å². The zero-order chi connectivity index (χ0) is 24.6. The van der Waals surface area contributed by atoms with E-state index in [-0.39, 0.29) is 39.5 Å². The van der Waals surface area contributed by atoms with Crippen LogP contribution >= 0.6 is 11.3 Å². The molecule has 0 saturated heterocycles. The van der Waals surface area contributed by atoms with Crippen molar-refractivity contribution in [2.45, 2.75) is 12.8 Å². The lowest BCUT2D eigenvalue weighted by atomic mass is 10.1. The molecule has 0 bridgehead atoms. The van der Waals surface area contributed by atoms with Crippen molar-refractivity contribution in [3.8, 4) is 17.0 Å². The number of aromatic nitrogens is 5. The highest BCUT2D eigenvalue weighted by molar-refractivity contribution is 7.14. The van der Waals surface area contributed by atoms with Crippen LogP contribution in [0.5, 0.6) is 5.75 Å². The SMILES string of the molecule is Cn1c(=O)[nH]c2ncnc(CC(=O)Nc3nc(-c4ccc(OC(F)(F)F)c(F)c4)cs3)c2c1=O. The molecule has 0 aliphatic rings.